The van der Waals surface area contributed by atoms with E-state index in [1.165, 1.54) is 29.9 Å². The summed E-state index contributed by atoms with van der Waals surface area (Å²) in [4.78, 5) is 9.58. The van der Waals surface area contributed by atoms with E-state index in [-0.39, 0.29) is 5.97 Å². The van der Waals surface area contributed by atoms with Gasteiger partial charge in [0.1, 0.15) is 0 Å². The maximum Gasteiger partial charge on any atom is 0.312 e. The highest BCUT2D eigenvalue weighted by Crippen LogP contribution is 1.82. The molecule has 0 N–H and O–H groups in total. The Hall–Kier alpha value is 0.200. The second kappa shape index (κ2) is 2.44. The van der Waals surface area contributed by atoms with Crippen molar-refractivity contribution in [2.75, 3.05) is 0 Å². The van der Waals surface area contributed by atoms with Gasteiger partial charge in [-0.3, -0.25) is 4.79 Å². The molecule has 0 amide bonds. The van der Waals surface area contributed by atoms with Crippen molar-refractivity contribution < 1.29 is 7.86 Å². The number of rotatable bonds is 0. The average molecular weight is 188 g/mol. The van der Waals surface area contributed by atoms with Gasteiger partial charge in [0.15, 0.2) is 23.0 Å². The monoisotopic (exact) mass is 188 g/mol. The first-order chi connectivity index (χ1) is 2.27. The smallest absolute Gasteiger partial charge is 0.312 e. The Labute approximate surface area is 44.2 Å². The van der Waals surface area contributed by atoms with Crippen molar-refractivity contribution in [1.82, 2.24) is 0 Å². The second-order valence-electron chi connectivity index (χ2n) is 0.569. The van der Waals surface area contributed by atoms with Crippen LogP contribution in [0.4, 0.5) is 0 Å². The standard InChI is InChI=1S/C2H3IO2/c1-2(4)5-3/h1H3/i2+2. The first kappa shape index (κ1) is 5.20. The van der Waals surface area contributed by atoms with Gasteiger partial charge in [0.2, 0.25) is 0 Å². The Bertz CT molecular complexity index is 42.9. The Morgan fingerprint density at radius 3 is 2.20 bits per heavy atom. The van der Waals surface area contributed by atoms with Crippen LogP contribution >= 0.6 is 23.0 Å². The van der Waals surface area contributed by atoms with Gasteiger partial charge in [-0.25, -0.2) is 0 Å². The van der Waals surface area contributed by atoms with E-state index in [1.54, 1.807) is 0 Å². The molecular weight excluding hydrogens is 185 g/mol. The van der Waals surface area contributed by atoms with E-state index in [0.29, 0.717) is 0 Å². The van der Waals surface area contributed by atoms with Gasteiger partial charge >= 0.3 is 5.97 Å². The SMILES string of the molecule is C[14C](=O)OI. The molecule has 0 saturated heterocycles. The van der Waals surface area contributed by atoms with Crippen molar-refractivity contribution in [3.05, 3.63) is 0 Å². The molecule has 0 rings (SSSR count). The molecule has 0 atom stereocenters. The fraction of sp³-hybridized carbons (Fsp3) is 0.500. The summed E-state index contributed by atoms with van der Waals surface area (Å²) in [6.45, 7) is 1.35. The number of hydrogen-bond donors (Lipinski definition) is 0. The van der Waals surface area contributed by atoms with Crippen LogP contribution in [0, 0.1) is 0 Å². The first-order valence-electron chi connectivity index (χ1n) is 1.06. The molecule has 30 valence electrons. The predicted molar refractivity (Wildman–Crippen MR) is 25.8 cm³/mol. The normalized spacial score (nSPS) is 6.80. The van der Waals surface area contributed by atoms with Gasteiger partial charge in [-0.15, -0.1) is 0 Å². The topological polar surface area (TPSA) is 26.3 Å². The summed E-state index contributed by atoms with van der Waals surface area (Å²) in [5, 5.41) is 0. The highest BCUT2D eigenvalue weighted by atomic mass is 127. The lowest BCUT2D eigenvalue weighted by molar-refractivity contribution is -0.128. The fourth-order valence-corrected chi connectivity index (χ4v) is 0. The number of hydrogen-bond acceptors (Lipinski definition) is 2. The van der Waals surface area contributed by atoms with Crippen LogP contribution in [0.5, 0.6) is 0 Å². The summed E-state index contributed by atoms with van der Waals surface area (Å²) in [5.74, 6) is -0.259. The minimum atomic E-state index is -0.259. The maximum atomic E-state index is 9.58. The number of halogens is 1. The molecule has 0 unspecified atom stereocenters. The number of carbonyl (C=O) groups is 1. The maximum absolute atomic E-state index is 9.58. The molecular formula is C2H3IO2. The van der Waals surface area contributed by atoms with Gasteiger partial charge in [-0.1, -0.05) is 0 Å². The minimum absolute atomic E-state index is 0.259. The largest absolute Gasteiger partial charge is 0.395 e. The van der Waals surface area contributed by atoms with Gasteiger partial charge in [-0.05, 0) is 0 Å². The van der Waals surface area contributed by atoms with E-state index in [1.807, 2.05) is 0 Å². The van der Waals surface area contributed by atoms with Crippen LogP contribution in [-0.2, 0) is 7.86 Å². The molecule has 0 bridgehead atoms. The van der Waals surface area contributed by atoms with Crippen LogP contribution < -0.4 is 0 Å². The lowest BCUT2D eigenvalue weighted by Crippen LogP contribution is -1.81. The highest BCUT2D eigenvalue weighted by Gasteiger charge is 1.78. The molecule has 0 aromatic heterocycles. The van der Waals surface area contributed by atoms with Crippen LogP contribution in [0.3, 0.4) is 0 Å². The van der Waals surface area contributed by atoms with Crippen molar-refractivity contribution >= 4 is 29.0 Å². The van der Waals surface area contributed by atoms with Gasteiger partial charge in [0.05, 0.1) is 0 Å². The number of carbonyl (C=O) groups excluding carboxylic acids is 1. The molecule has 0 heterocycles. The van der Waals surface area contributed by atoms with E-state index in [9.17, 15) is 4.79 Å². The van der Waals surface area contributed by atoms with Crippen LogP contribution in [0.2, 0.25) is 0 Å². The summed E-state index contributed by atoms with van der Waals surface area (Å²) in [7, 11) is 0. The summed E-state index contributed by atoms with van der Waals surface area (Å²) in [6.07, 6.45) is 0. The summed E-state index contributed by atoms with van der Waals surface area (Å²) < 4.78 is 4.08. The van der Waals surface area contributed by atoms with E-state index in [0.717, 1.165) is 0 Å². The van der Waals surface area contributed by atoms with Crippen molar-refractivity contribution in [2.45, 2.75) is 6.92 Å². The Balaban J connectivity index is 2.85. The van der Waals surface area contributed by atoms with Crippen LogP contribution in [0.15, 0.2) is 0 Å². The first-order valence-corrected chi connectivity index (χ1v) is 1.94. The highest BCUT2D eigenvalue weighted by molar-refractivity contribution is 14.1. The summed E-state index contributed by atoms with van der Waals surface area (Å²) in [5.41, 5.74) is 0. The minimum Gasteiger partial charge on any atom is -0.395 e. The lowest BCUT2D eigenvalue weighted by atomic mass is 11.5. The second-order valence-corrected chi connectivity index (χ2v) is 1.01. The molecule has 0 aromatic carbocycles. The van der Waals surface area contributed by atoms with Gasteiger partial charge in [-0.2, -0.15) is 0 Å². The van der Waals surface area contributed by atoms with Crippen molar-refractivity contribution in [1.29, 1.82) is 0 Å². The van der Waals surface area contributed by atoms with Crippen LogP contribution in [0.25, 0.3) is 0 Å². The average Bonchev–Trinajstić information content (AvgIpc) is 1.38. The molecule has 3 heteroatoms. The molecule has 2 nitrogen and oxygen atoms in total. The van der Waals surface area contributed by atoms with Crippen LogP contribution in [0.1, 0.15) is 6.92 Å². The molecule has 0 aliphatic carbocycles. The van der Waals surface area contributed by atoms with Gasteiger partial charge < -0.3 is 3.07 Å². The zero-order valence-corrected chi connectivity index (χ0v) is 4.85. The zero-order chi connectivity index (χ0) is 4.28. The van der Waals surface area contributed by atoms with E-state index in [2.05, 4.69) is 3.07 Å². The van der Waals surface area contributed by atoms with E-state index < -0.39 is 0 Å². The molecule has 5 heavy (non-hydrogen) atoms. The third kappa shape index (κ3) is 4.20. The molecule has 0 saturated carbocycles. The Morgan fingerprint density at radius 1 is 2.00 bits per heavy atom. The van der Waals surface area contributed by atoms with E-state index >= 15 is 0 Å². The Morgan fingerprint density at radius 2 is 2.20 bits per heavy atom. The van der Waals surface area contributed by atoms with Gasteiger partial charge in [0, 0.05) is 6.92 Å². The third-order valence-electron chi connectivity index (χ3n) is 0.109. The molecule has 0 fully saturated rings. The van der Waals surface area contributed by atoms with Crippen molar-refractivity contribution in [2.24, 2.45) is 0 Å². The molecule has 0 aliphatic rings. The molecule has 0 spiro atoms. The predicted octanol–water partition coefficient (Wildman–Crippen LogP) is 0.899. The summed E-state index contributed by atoms with van der Waals surface area (Å²) >= 11 is 1.53. The van der Waals surface area contributed by atoms with Gasteiger partial charge in [0.25, 0.3) is 0 Å². The molecule has 0 radical (unpaired) electrons. The molecule has 0 aliphatic heterocycles. The quantitative estimate of drug-likeness (QED) is 0.527. The summed E-state index contributed by atoms with van der Waals surface area (Å²) in [6, 6.07) is 0. The fourth-order valence-electron chi connectivity index (χ4n) is 0. The van der Waals surface area contributed by atoms with E-state index in [4.69, 9.17) is 0 Å². The Kier molecular flexibility index (Phi) is 2.54. The van der Waals surface area contributed by atoms with Crippen molar-refractivity contribution in [3.8, 4) is 0 Å². The zero-order valence-electron chi connectivity index (χ0n) is 2.69. The third-order valence-corrected chi connectivity index (χ3v) is 0.729. The molecule has 0 aromatic rings. The van der Waals surface area contributed by atoms with Crippen molar-refractivity contribution in [3.63, 3.8) is 0 Å². The van der Waals surface area contributed by atoms with Crippen LogP contribution in [-0.4, -0.2) is 5.97 Å². The lowest BCUT2D eigenvalue weighted by Gasteiger charge is -1.76.